The maximum atomic E-state index is 12.7. The number of rotatable bonds is 35. The average molecular weight is 685 g/mol. The molecule has 0 aliphatic heterocycles. The van der Waals surface area contributed by atoms with Crippen molar-refractivity contribution in [2.45, 2.75) is 180 Å². The van der Waals surface area contributed by atoms with Crippen LogP contribution in [-0.4, -0.2) is 47.8 Å². The number of phosphoric ester groups is 1. The molecule has 0 aliphatic rings. The molecule has 1 amide bonds. The Bertz CT molecular complexity index is 835. The van der Waals surface area contributed by atoms with Gasteiger partial charge in [0, 0.05) is 13.0 Å². The summed E-state index contributed by atoms with van der Waals surface area (Å²) in [5, 5.41) is 13.6. The number of carbonyl (C=O) groups is 1. The van der Waals surface area contributed by atoms with Crippen molar-refractivity contribution in [3.63, 3.8) is 0 Å². The SMILES string of the molecule is CCCCC/C=C/CC/C=C/CC/C=C/C(O)C(COP(=O)(O)OCCN)NC(=O)CCCCCCCCCCCCCCCCC. The highest BCUT2D eigenvalue weighted by molar-refractivity contribution is 7.47. The smallest absolute Gasteiger partial charge is 0.387 e. The van der Waals surface area contributed by atoms with Crippen LogP contribution in [-0.2, 0) is 18.4 Å². The van der Waals surface area contributed by atoms with Gasteiger partial charge in [-0.15, -0.1) is 0 Å². The Morgan fingerprint density at radius 2 is 1.13 bits per heavy atom. The van der Waals surface area contributed by atoms with E-state index in [0.29, 0.717) is 6.42 Å². The minimum Gasteiger partial charge on any atom is -0.387 e. The molecule has 8 nitrogen and oxygen atoms in total. The number of hydrogen-bond donors (Lipinski definition) is 4. The van der Waals surface area contributed by atoms with Crippen LogP contribution >= 0.6 is 7.82 Å². The van der Waals surface area contributed by atoms with Gasteiger partial charge in [0.25, 0.3) is 0 Å². The predicted molar refractivity (Wildman–Crippen MR) is 198 cm³/mol. The van der Waals surface area contributed by atoms with E-state index in [1.807, 2.05) is 6.08 Å². The first-order valence-electron chi connectivity index (χ1n) is 19.1. The average Bonchev–Trinajstić information content (AvgIpc) is 3.05. The molecule has 276 valence electrons. The van der Waals surface area contributed by atoms with Crippen molar-refractivity contribution in [2.75, 3.05) is 19.8 Å². The van der Waals surface area contributed by atoms with Crippen molar-refractivity contribution in [2.24, 2.45) is 5.73 Å². The number of phosphoric acid groups is 1. The Hall–Kier alpha value is -1.28. The Morgan fingerprint density at radius 1 is 0.681 bits per heavy atom. The number of aliphatic hydroxyl groups excluding tert-OH is 1. The molecule has 0 radical (unpaired) electrons. The Morgan fingerprint density at radius 3 is 1.64 bits per heavy atom. The Labute approximate surface area is 289 Å². The van der Waals surface area contributed by atoms with Crippen molar-refractivity contribution in [1.29, 1.82) is 0 Å². The van der Waals surface area contributed by atoms with Crippen LogP contribution in [0.25, 0.3) is 0 Å². The molecule has 0 rings (SSSR count). The van der Waals surface area contributed by atoms with Gasteiger partial charge in [-0.2, -0.15) is 0 Å². The molecular formula is C38H73N2O6P. The van der Waals surface area contributed by atoms with E-state index in [1.54, 1.807) is 6.08 Å². The molecule has 0 spiro atoms. The van der Waals surface area contributed by atoms with Gasteiger partial charge in [0.2, 0.25) is 5.91 Å². The molecular weight excluding hydrogens is 611 g/mol. The minimum atomic E-state index is -4.34. The summed E-state index contributed by atoms with van der Waals surface area (Å²) < 4.78 is 22.0. The molecule has 3 atom stereocenters. The highest BCUT2D eigenvalue weighted by Crippen LogP contribution is 2.43. The normalized spacial score (nSPS) is 14.7. The van der Waals surface area contributed by atoms with Gasteiger partial charge in [0.1, 0.15) is 0 Å². The maximum absolute atomic E-state index is 12.7. The number of nitrogens with two attached hydrogens (primary N) is 1. The summed E-state index contributed by atoms with van der Waals surface area (Å²) in [4.78, 5) is 22.6. The quantitative estimate of drug-likeness (QED) is 0.0297. The summed E-state index contributed by atoms with van der Waals surface area (Å²) in [6.45, 7) is 4.06. The fraction of sp³-hybridized carbons (Fsp3) is 0.816. The molecule has 3 unspecified atom stereocenters. The first kappa shape index (κ1) is 45.7. The van der Waals surface area contributed by atoms with Crippen molar-refractivity contribution < 1.29 is 28.4 Å². The first-order valence-corrected chi connectivity index (χ1v) is 20.6. The Kier molecular flexibility index (Phi) is 33.6. The van der Waals surface area contributed by atoms with Gasteiger partial charge < -0.3 is 21.1 Å². The third-order valence-corrected chi connectivity index (χ3v) is 9.18. The van der Waals surface area contributed by atoms with Gasteiger partial charge in [0.05, 0.1) is 25.4 Å². The molecule has 0 aromatic carbocycles. The van der Waals surface area contributed by atoms with E-state index in [9.17, 15) is 19.4 Å². The number of nitrogens with one attached hydrogen (secondary N) is 1. The fourth-order valence-electron chi connectivity index (χ4n) is 5.28. The lowest BCUT2D eigenvalue weighted by molar-refractivity contribution is -0.123. The molecule has 0 fully saturated rings. The van der Waals surface area contributed by atoms with Gasteiger partial charge in [-0.3, -0.25) is 13.8 Å². The summed E-state index contributed by atoms with van der Waals surface area (Å²) in [5.74, 6) is -0.210. The summed E-state index contributed by atoms with van der Waals surface area (Å²) in [7, 11) is -4.34. The second-order valence-corrected chi connectivity index (χ2v) is 14.2. The summed E-state index contributed by atoms with van der Waals surface area (Å²) >= 11 is 0. The maximum Gasteiger partial charge on any atom is 0.472 e. The molecule has 0 aromatic rings. The second-order valence-electron chi connectivity index (χ2n) is 12.8. The zero-order chi connectivity index (χ0) is 34.7. The van der Waals surface area contributed by atoms with E-state index in [0.717, 1.165) is 51.4 Å². The monoisotopic (exact) mass is 685 g/mol. The molecule has 0 aromatic heterocycles. The van der Waals surface area contributed by atoms with E-state index >= 15 is 0 Å². The largest absolute Gasteiger partial charge is 0.472 e. The van der Waals surface area contributed by atoms with Crippen LogP contribution in [0.1, 0.15) is 168 Å². The number of allylic oxidation sites excluding steroid dienone is 5. The lowest BCUT2D eigenvalue weighted by Gasteiger charge is -2.23. The topological polar surface area (TPSA) is 131 Å². The predicted octanol–water partition coefficient (Wildman–Crippen LogP) is 10.00. The van der Waals surface area contributed by atoms with Crippen LogP contribution in [0.2, 0.25) is 0 Å². The van der Waals surface area contributed by atoms with Gasteiger partial charge in [-0.25, -0.2) is 4.57 Å². The summed E-state index contributed by atoms with van der Waals surface area (Å²) in [6.07, 6.45) is 39.0. The second kappa shape index (κ2) is 34.6. The fourth-order valence-corrected chi connectivity index (χ4v) is 6.04. The van der Waals surface area contributed by atoms with Crippen molar-refractivity contribution >= 4 is 13.7 Å². The van der Waals surface area contributed by atoms with E-state index in [4.69, 9.17) is 14.8 Å². The number of hydrogen-bond acceptors (Lipinski definition) is 6. The standard InChI is InChI=1S/C38H73N2O6P/c1-3-5-7-9-11-13-15-17-18-20-22-24-26-28-30-32-38(42)40-36(35-46-47(43,44)45-34-33-39)37(41)31-29-27-25-23-21-19-16-14-12-10-8-6-4-2/h12,14,21,23,29,31,36-37,41H,3-11,13,15-20,22,24-28,30,32-35,39H2,1-2H3,(H,40,42)(H,43,44)/b14-12+,23-21+,31-29+. The zero-order valence-corrected chi connectivity index (χ0v) is 31.2. The number of aliphatic hydroxyl groups is 1. The molecule has 47 heavy (non-hydrogen) atoms. The van der Waals surface area contributed by atoms with E-state index in [2.05, 4.69) is 43.5 Å². The van der Waals surface area contributed by atoms with Crippen LogP contribution in [0.4, 0.5) is 0 Å². The minimum absolute atomic E-state index is 0.0723. The molecule has 5 N–H and O–H groups in total. The van der Waals surface area contributed by atoms with Crippen LogP contribution in [0.5, 0.6) is 0 Å². The summed E-state index contributed by atoms with van der Waals surface area (Å²) in [5.41, 5.74) is 5.35. The number of carbonyl (C=O) groups excluding carboxylic acids is 1. The van der Waals surface area contributed by atoms with E-state index < -0.39 is 20.0 Å². The third kappa shape index (κ3) is 33.0. The zero-order valence-electron chi connectivity index (χ0n) is 30.3. The van der Waals surface area contributed by atoms with Gasteiger partial charge in [-0.05, 0) is 44.9 Å². The van der Waals surface area contributed by atoms with Crippen LogP contribution in [0.15, 0.2) is 36.5 Å². The summed E-state index contributed by atoms with van der Waals surface area (Å²) in [6, 6.07) is -0.878. The van der Waals surface area contributed by atoms with Crippen LogP contribution < -0.4 is 11.1 Å². The third-order valence-electron chi connectivity index (χ3n) is 8.20. The van der Waals surface area contributed by atoms with Crippen molar-refractivity contribution in [3.05, 3.63) is 36.5 Å². The highest BCUT2D eigenvalue weighted by Gasteiger charge is 2.26. The lowest BCUT2D eigenvalue weighted by atomic mass is 10.0. The van der Waals surface area contributed by atoms with Crippen LogP contribution in [0, 0.1) is 0 Å². The molecule has 0 heterocycles. The molecule has 0 saturated carbocycles. The molecule has 9 heteroatoms. The van der Waals surface area contributed by atoms with Crippen LogP contribution in [0.3, 0.4) is 0 Å². The lowest BCUT2D eigenvalue weighted by Crippen LogP contribution is -2.45. The molecule has 0 saturated heterocycles. The van der Waals surface area contributed by atoms with Gasteiger partial charge in [0.15, 0.2) is 0 Å². The molecule has 0 aliphatic carbocycles. The van der Waals surface area contributed by atoms with E-state index in [-0.39, 0.29) is 25.7 Å². The molecule has 0 bridgehead atoms. The highest BCUT2D eigenvalue weighted by atomic mass is 31.2. The van der Waals surface area contributed by atoms with Gasteiger partial charge in [-0.1, -0.05) is 153 Å². The first-order chi connectivity index (χ1) is 22.9. The number of amides is 1. The van der Waals surface area contributed by atoms with Crippen molar-refractivity contribution in [3.8, 4) is 0 Å². The van der Waals surface area contributed by atoms with Crippen molar-refractivity contribution in [1.82, 2.24) is 5.32 Å². The Balaban J connectivity index is 4.36. The number of unbranched alkanes of at least 4 members (excludes halogenated alkanes) is 19. The van der Waals surface area contributed by atoms with E-state index in [1.165, 1.54) is 96.3 Å². The van der Waals surface area contributed by atoms with Gasteiger partial charge >= 0.3 is 7.82 Å².